The van der Waals surface area contributed by atoms with E-state index in [0.29, 0.717) is 18.9 Å². The molecule has 1 saturated heterocycles. The Morgan fingerprint density at radius 3 is 2.58 bits per heavy atom. The van der Waals surface area contributed by atoms with Gasteiger partial charge in [-0.25, -0.2) is 0 Å². The molecule has 0 saturated carbocycles. The lowest BCUT2D eigenvalue weighted by Crippen LogP contribution is -2.34. The van der Waals surface area contributed by atoms with Crippen molar-refractivity contribution in [3.8, 4) is 11.5 Å². The SMILES string of the molecule is CC(C)OCc1cccc(NC(=O)c2cc3sccc3n2C)c1COc1ccc(OC2CCNCC2)cc1. The summed E-state index contributed by atoms with van der Waals surface area (Å²) in [5, 5.41) is 8.51. The Labute approximate surface area is 227 Å². The fourth-order valence-corrected chi connectivity index (χ4v) is 5.49. The zero-order valence-electron chi connectivity index (χ0n) is 22.2. The van der Waals surface area contributed by atoms with Crippen molar-refractivity contribution in [2.45, 2.75) is 52.1 Å². The summed E-state index contributed by atoms with van der Waals surface area (Å²) >= 11 is 1.63. The number of amides is 1. The molecule has 1 aliphatic rings. The third-order valence-corrected chi connectivity index (χ3v) is 7.64. The van der Waals surface area contributed by atoms with Gasteiger partial charge in [-0.3, -0.25) is 4.79 Å². The van der Waals surface area contributed by atoms with Crippen LogP contribution in [0.4, 0.5) is 5.69 Å². The summed E-state index contributed by atoms with van der Waals surface area (Å²) in [6, 6.07) is 17.6. The molecule has 3 heterocycles. The Hall–Kier alpha value is -3.33. The molecule has 2 N–H and O–H groups in total. The zero-order chi connectivity index (χ0) is 26.5. The smallest absolute Gasteiger partial charge is 0.272 e. The summed E-state index contributed by atoms with van der Waals surface area (Å²) in [4.78, 5) is 13.3. The van der Waals surface area contributed by atoms with Crippen LogP contribution in [0, 0.1) is 0 Å². The average molecular weight is 534 g/mol. The van der Waals surface area contributed by atoms with Gasteiger partial charge >= 0.3 is 0 Å². The number of aryl methyl sites for hydroxylation is 1. The summed E-state index contributed by atoms with van der Waals surface area (Å²) < 4.78 is 21.2. The minimum Gasteiger partial charge on any atom is -0.490 e. The van der Waals surface area contributed by atoms with Crippen LogP contribution in [0.3, 0.4) is 0 Å². The molecule has 1 amide bonds. The lowest BCUT2D eigenvalue weighted by molar-refractivity contribution is 0.0647. The van der Waals surface area contributed by atoms with Gasteiger partial charge in [-0.2, -0.15) is 0 Å². The van der Waals surface area contributed by atoms with Gasteiger partial charge in [0.15, 0.2) is 0 Å². The number of rotatable bonds is 10. The molecule has 4 aromatic rings. The molecule has 38 heavy (non-hydrogen) atoms. The number of thiophene rings is 1. The standard InChI is InChI=1S/C30H35N3O4S/c1-20(2)35-18-21-5-4-6-26(32-30(34)28-17-29-27(33(28)3)13-16-38-29)25(21)19-36-22-7-9-23(10-8-22)37-24-11-14-31-15-12-24/h4-10,13,16-17,20,24,31H,11-12,14-15,18-19H2,1-3H3,(H,32,34). The first-order valence-corrected chi connectivity index (χ1v) is 14.0. The van der Waals surface area contributed by atoms with Crippen LogP contribution in [0.15, 0.2) is 60.0 Å². The van der Waals surface area contributed by atoms with Crippen LogP contribution in [-0.4, -0.2) is 35.8 Å². The first kappa shape index (κ1) is 26.3. The van der Waals surface area contributed by atoms with E-state index in [0.717, 1.165) is 64.5 Å². The normalized spacial score (nSPS) is 14.2. The highest BCUT2D eigenvalue weighted by Crippen LogP contribution is 2.28. The van der Waals surface area contributed by atoms with Crippen LogP contribution in [0.5, 0.6) is 11.5 Å². The Morgan fingerprint density at radius 2 is 1.84 bits per heavy atom. The van der Waals surface area contributed by atoms with Gasteiger partial charge in [0.2, 0.25) is 0 Å². The van der Waals surface area contributed by atoms with Crippen LogP contribution in [-0.2, 0) is 25.0 Å². The van der Waals surface area contributed by atoms with E-state index < -0.39 is 0 Å². The topological polar surface area (TPSA) is 73.8 Å². The Bertz CT molecular complexity index is 1370. The van der Waals surface area contributed by atoms with Crippen molar-refractivity contribution in [1.29, 1.82) is 0 Å². The molecule has 0 spiro atoms. The molecular weight excluding hydrogens is 498 g/mol. The van der Waals surface area contributed by atoms with E-state index in [1.54, 1.807) is 11.3 Å². The van der Waals surface area contributed by atoms with Gasteiger partial charge in [0.25, 0.3) is 5.91 Å². The van der Waals surface area contributed by atoms with Gasteiger partial charge in [-0.1, -0.05) is 12.1 Å². The highest BCUT2D eigenvalue weighted by atomic mass is 32.1. The molecular formula is C30H35N3O4S. The van der Waals surface area contributed by atoms with Crippen LogP contribution in [0.1, 0.15) is 48.3 Å². The molecule has 0 aliphatic carbocycles. The maximum Gasteiger partial charge on any atom is 0.272 e. The number of hydrogen-bond acceptors (Lipinski definition) is 6. The van der Waals surface area contributed by atoms with Gasteiger partial charge in [0.1, 0.15) is 29.9 Å². The summed E-state index contributed by atoms with van der Waals surface area (Å²) in [7, 11) is 1.92. The van der Waals surface area contributed by atoms with Crippen molar-refractivity contribution in [2.75, 3.05) is 18.4 Å². The first-order chi connectivity index (χ1) is 18.5. The molecule has 1 aliphatic heterocycles. The first-order valence-electron chi connectivity index (χ1n) is 13.1. The molecule has 5 rings (SSSR count). The van der Waals surface area contributed by atoms with Crippen molar-refractivity contribution in [3.05, 3.63) is 76.8 Å². The van der Waals surface area contributed by atoms with Crippen LogP contribution in [0.25, 0.3) is 10.2 Å². The minimum absolute atomic E-state index is 0.0887. The Morgan fingerprint density at radius 1 is 1.08 bits per heavy atom. The van der Waals surface area contributed by atoms with Crippen LogP contribution in [0.2, 0.25) is 0 Å². The third-order valence-electron chi connectivity index (χ3n) is 6.79. The van der Waals surface area contributed by atoms with E-state index in [1.165, 1.54) is 0 Å². The van der Waals surface area contributed by atoms with Gasteiger partial charge in [-0.15, -0.1) is 11.3 Å². The molecule has 2 aromatic heterocycles. The number of nitrogens with one attached hydrogen (secondary N) is 2. The van der Waals surface area contributed by atoms with E-state index in [4.69, 9.17) is 14.2 Å². The van der Waals surface area contributed by atoms with E-state index >= 15 is 0 Å². The second-order valence-corrected chi connectivity index (χ2v) is 10.8. The molecule has 0 atom stereocenters. The second kappa shape index (κ2) is 12.0. The lowest BCUT2D eigenvalue weighted by Gasteiger charge is -2.23. The minimum atomic E-state index is -0.154. The highest BCUT2D eigenvalue weighted by molar-refractivity contribution is 7.17. The number of anilines is 1. The number of benzene rings is 2. The Kier molecular flexibility index (Phi) is 8.32. The number of hydrogen-bond donors (Lipinski definition) is 2. The number of nitrogens with zero attached hydrogens (tertiary/aromatic N) is 1. The predicted molar refractivity (Wildman–Crippen MR) is 152 cm³/mol. The van der Waals surface area contributed by atoms with Crippen molar-refractivity contribution >= 4 is 33.1 Å². The lowest BCUT2D eigenvalue weighted by atomic mass is 10.1. The third kappa shape index (κ3) is 6.20. The van der Waals surface area contributed by atoms with Crippen LogP contribution < -0.4 is 20.1 Å². The Balaban J connectivity index is 1.32. The van der Waals surface area contributed by atoms with E-state index in [9.17, 15) is 4.79 Å². The summed E-state index contributed by atoms with van der Waals surface area (Å²) in [6.45, 7) is 6.74. The van der Waals surface area contributed by atoms with Crippen molar-refractivity contribution in [1.82, 2.24) is 9.88 Å². The summed E-state index contributed by atoms with van der Waals surface area (Å²) in [6.07, 6.45) is 2.37. The molecule has 8 heteroatoms. The number of ether oxygens (including phenoxy) is 3. The molecule has 1 fully saturated rings. The van der Waals surface area contributed by atoms with E-state index in [1.807, 2.05) is 85.4 Å². The monoisotopic (exact) mass is 533 g/mol. The van der Waals surface area contributed by atoms with E-state index in [-0.39, 0.29) is 18.1 Å². The largest absolute Gasteiger partial charge is 0.490 e. The summed E-state index contributed by atoms with van der Waals surface area (Å²) in [5.41, 5.74) is 4.26. The maximum absolute atomic E-state index is 13.3. The fraction of sp³-hybridized carbons (Fsp3) is 0.367. The molecule has 2 aromatic carbocycles. The van der Waals surface area contributed by atoms with Crippen molar-refractivity contribution < 1.29 is 19.0 Å². The molecule has 0 radical (unpaired) electrons. The van der Waals surface area contributed by atoms with Crippen molar-refractivity contribution in [2.24, 2.45) is 7.05 Å². The van der Waals surface area contributed by atoms with Gasteiger partial charge in [-0.05, 0) is 93.2 Å². The average Bonchev–Trinajstić information content (AvgIpc) is 3.51. The molecule has 0 bridgehead atoms. The van der Waals surface area contributed by atoms with E-state index in [2.05, 4.69) is 10.6 Å². The molecule has 7 nitrogen and oxygen atoms in total. The number of piperidine rings is 1. The van der Waals surface area contributed by atoms with Gasteiger partial charge in [0, 0.05) is 18.3 Å². The molecule has 0 unspecified atom stereocenters. The quantitative estimate of drug-likeness (QED) is 0.257. The predicted octanol–water partition coefficient (Wildman–Crippen LogP) is 6.13. The molecule has 200 valence electrons. The number of fused-ring (bicyclic) bond motifs is 1. The highest BCUT2D eigenvalue weighted by Gasteiger charge is 2.18. The van der Waals surface area contributed by atoms with Crippen molar-refractivity contribution in [3.63, 3.8) is 0 Å². The number of carbonyl (C=O) groups excluding carboxylic acids is 1. The van der Waals surface area contributed by atoms with Crippen LogP contribution >= 0.6 is 11.3 Å². The zero-order valence-corrected chi connectivity index (χ0v) is 23.0. The maximum atomic E-state index is 13.3. The fourth-order valence-electron chi connectivity index (χ4n) is 4.64. The number of aromatic nitrogens is 1. The summed E-state index contributed by atoms with van der Waals surface area (Å²) in [5.74, 6) is 1.44. The van der Waals surface area contributed by atoms with Gasteiger partial charge < -0.3 is 29.4 Å². The second-order valence-electron chi connectivity index (χ2n) is 9.84. The van der Waals surface area contributed by atoms with Gasteiger partial charge in [0.05, 0.1) is 22.9 Å². The number of carbonyl (C=O) groups is 1.